The number of alkyl carbamates (subject to hydrolysis) is 1. The first kappa shape index (κ1) is 30.3. The normalized spacial score (nSPS) is 14.5. The predicted molar refractivity (Wildman–Crippen MR) is 146 cm³/mol. The molecular weight excluding hydrogens is 492 g/mol. The number of allylic oxidation sites excluding steroid dienone is 1. The molecule has 0 aliphatic rings. The molecule has 0 aliphatic carbocycles. The quantitative estimate of drug-likeness (QED) is 0.377. The van der Waals surface area contributed by atoms with Crippen LogP contribution in [0.5, 0.6) is 0 Å². The minimum Gasteiger partial charge on any atom is -0.469 e. The monoisotopic (exact) mass is 532 g/mol. The molecule has 8 nitrogen and oxygen atoms in total. The summed E-state index contributed by atoms with van der Waals surface area (Å²) in [4.78, 5) is 12.6. The molecule has 0 saturated heterocycles. The molecule has 1 amide bonds. The number of amides is 1. The zero-order valence-electron chi connectivity index (χ0n) is 22.6. The van der Waals surface area contributed by atoms with Gasteiger partial charge >= 0.3 is 6.09 Å². The van der Waals surface area contributed by atoms with E-state index >= 15 is 0 Å². The van der Waals surface area contributed by atoms with E-state index in [1.54, 1.807) is 33.8 Å². The number of nitrogens with one attached hydrogen (secondary N) is 1. The Morgan fingerprint density at radius 3 is 2.35 bits per heavy atom. The summed E-state index contributed by atoms with van der Waals surface area (Å²) in [6.45, 7) is 14.4. The zero-order chi connectivity index (χ0) is 27.8. The van der Waals surface area contributed by atoms with Crippen LogP contribution in [0.1, 0.15) is 51.5 Å². The van der Waals surface area contributed by atoms with Crippen molar-refractivity contribution in [2.45, 2.75) is 65.7 Å². The molecule has 2 rings (SSSR count). The number of ether oxygens (including phenoxy) is 1. The second-order valence-electron chi connectivity index (χ2n) is 10.4. The van der Waals surface area contributed by atoms with Gasteiger partial charge in [-0.1, -0.05) is 50.8 Å². The third-order valence-corrected chi connectivity index (χ3v) is 7.32. The van der Waals surface area contributed by atoms with Crippen molar-refractivity contribution in [3.05, 3.63) is 77.1 Å². The van der Waals surface area contributed by atoms with Gasteiger partial charge in [0.15, 0.2) is 0 Å². The highest BCUT2D eigenvalue weighted by molar-refractivity contribution is 7.93. The summed E-state index contributed by atoms with van der Waals surface area (Å²) in [6, 6.07) is 10.2. The average molecular weight is 533 g/mol. The lowest BCUT2D eigenvalue weighted by atomic mass is 10.0. The molecule has 0 fully saturated rings. The van der Waals surface area contributed by atoms with Crippen LogP contribution in [0.2, 0.25) is 0 Å². The van der Waals surface area contributed by atoms with Gasteiger partial charge in [-0.2, -0.15) is 4.31 Å². The number of sulfonamides is 1. The van der Waals surface area contributed by atoms with Crippen molar-refractivity contribution >= 4 is 22.2 Å². The molecule has 2 N–H and O–H groups in total. The number of aryl methyl sites for hydroxylation is 1. The topological polar surface area (TPSA) is 109 Å². The molecular formula is C28H40N2O6S. The van der Waals surface area contributed by atoms with Crippen LogP contribution in [-0.4, -0.2) is 54.8 Å². The number of benzene rings is 1. The van der Waals surface area contributed by atoms with Crippen molar-refractivity contribution in [1.82, 2.24) is 9.62 Å². The maximum Gasteiger partial charge on any atom is 0.407 e. The van der Waals surface area contributed by atoms with Crippen LogP contribution in [0.15, 0.2) is 64.6 Å². The summed E-state index contributed by atoms with van der Waals surface area (Å²) >= 11 is 0. The largest absolute Gasteiger partial charge is 0.469 e. The second kappa shape index (κ2) is 13.1. The van der Waals surface area contributed by atoms with Crippen molar-refractivity contribution in [3.63, 3.8) is 0 Å². The number of rotatable bonds is 12. The Hall–Kier alpha value is -2.88. The van der Waals surface area contributed by atoms with E-state index in [9.17, 15) is 18.3 Å². The standard InChI is InChI=1S/C28H40N2O6S/c1-8-24(17-23-14-15-35-21(23)4)37(33,34)30(18-20(2)3)19-26(31)25(16-22-12-10-9-11-13-22)29-27(32)36-28(5,6)7/h8-15,17,20,25-26,31H,1,16,18-19H2,2-7H3,(H,29,32)/b24-17+/t25-,26+/m0/s1. The first-order chi connectivity index (χ1) is 17.2. The van der Waals surface area contributed by atoms with Gasteiger partial charge in [-0.25, -0.2) is 13.2 Å². The summed E-state index contributed by atoms with van der Waals surface area (Å²) < 4.78 is 39.3. The van der Waals surface area contributed by atoms with Crippen molar-refractivity contribution < 1.29 is 27.5 Å². The number of aliphatic hydroxyl groups is 1. The number of carbonyl (C=O) groups excluding carboxylic acids is 1. The van der Waals surface area contributed by atoms with Gasteiger partial charge in [0.1, 0.15) is 11.4 Å². The fraction of sp³-hybridized carbons (Fsp3) is 0.464. The lowest BCUT2D eigenvalue weighted by molar-refractivity contribution is 0.0400. The smallest absolute Gasteiger partial charge is 0.407 e. The third-order valence-electron chi connectivity index (χ3n) is 5.46. The SMILES string of the molecule is C=C/C(=C\c1ccoc1C)S(=O)(=O)N(CC(C)C)C[C@@H](O)[C@H](Cc1ccccc1)NC(=O)OC(C)(C)C. The Bertz CT molecular complexity index is 1160. The van der Waals surface area contributed by atoms with Crippen LogP contribution in [-0.2, 0) is 21.2 Å². The minimum atomic E-state index is -4.03. The highest BCUT2D eigenvalue weighted by Crippen LogP contribution is 2.23. The van der Waals surface area contributed by atoms with Crippen LogP contribution in [0.25, 0.3) is 6.08 Å². The Morgan fingerprint density at radius 2 is 1.84 bits per heavy atom. The maximum absolute atomic E-state index is 13.7. The molecule has 0 aliphatic heterocycles. The van der Waals surface area contributed by atoms with Crippen molar-refractivity contribution in [2.75, 3.05) is 13.1 Å². The molecule has 0 saturated carbocycles. The molecule has 1 aromatic carbocycles. The van der Waals surface area contributed by atoms with Gasteiger partial charge in [-0.3, -0.25) is 0 Å². The van der Waals surface area contributed by atoms with Crippen LogP contribution in [0.4, 0.5) is 4.79 Å². The van der Waals surface area contributed by atoms with Gasteiger partial charge in [0.05, 0.1) is 23.3 Å². The molecule has 0 bridgehead atoms. The van der Waals surface area contributed by atoms with Crippen LogP contribution in [0, 0.1) is 12.8 Å². The van der Waals surface area contributed by atoms with E-state index < -0.39 is 33.9 Å². The van der Waals surface area contributed by atoms with E-state index in [0.717, 1.165) is 5.56 Å². The Morgan fingerprint density at radius 1 is 1.19 bits per heavy atom. The predicted octanol–water partition coefficient (Wildman–Crippen LogP) is 4.90. The first-order valence-corrected chi connectivity index (χ1v) is 13.8. The van der Waals surface area contributed by atoms with Gasteiger partial charge in [0.2, 0.25) is 10.0 Å². The van der Waals surface area contributed by atoms with Gasteiger partial charge in [-0.05, 0) is 63.8 Å². The van der Waals surface area contributed by atoms with E-state index in [0.29, 0.717) is 11.3 Å². The van der Waals surface area contributed by atoms with E-state index in [1.165, 1.54) is 22.7 Å². The Balaban J connectivity index is 2.37. The Labute approximate surface area is 221 Å². The van der Waals surface area contributed by atoms with Gasteiger partial charge in [0, 0.05) is 18.7 Å². The number of carbonyl (C=O) groups is 1. The molecule has 2 aromatic rings. The summed E-state index contributed by atoms with van der Waals surface area (Å²) in [6.07, 6.45) is 2.65. The fourth-order valence-corrected chi connectivity index (χ4v) is 5.34. The number of aliphatic hydroxyl groups excluding tert-OH is 1. The maximum atomic E-state index is 13.7. The van der Waals surface area contributed by atoms with E-state index in [2.05, 4.69) is 11.9 Å². The van der Waals surface area contributed by atoms with Crippen LogP contribution in [0.3, 0.4) is 0 Å². The molecule has 9 heteroatoms. The van der Waals surface area contributed by atoms with Crippen molar-refractivity contribution in [1.29, 1.82) is 0 Å². The highest BCUT2D eigenvalue weighted by Gasteiger charge is 2.32. The molecule has 0 unspecified atom stereocenters. The minimum absolute atomic E-state index is 0.00967. The number of hydrogen-bond acceptors (Lipinski definition) is 6. The third kappa shape index (κ3) is 9.50. The highest BCUT2D eigenvalue weighted by atomic mass is 32.2. The van der Waals surface area contributed by atoms with E-state index in [-0.39, 0.29) is 30.3 Å². The number of nitrogens with zero attached hydrogens (tertiary/aromatic N) is 1. The summed E-state index contributed by atoms with van der Waals surface area (Å²) in [7, 11) is -4.03. The second-order valence-corrected chi connectivity index (χ2v) is 12.3. The lowest BCUT2D eigenvalue weighted by Crippen LogP contribution is -2.52. The average Bonchev–Trinajstić information content (AvgIpc) is 3.19. The number of furan rings is 1. The Kier molecular flexibility index (Phi) is 10.7. The van der Waals surface area contributed by atoms with Gasteiger partial charge in [-0.15, -0.1) is 0 Å². The zero-order valence-corrected chi connectivity index (χ0v) is 23.4. The lowest BCUT2D eigenvalue weighted by Gasteiger charge is -2.31. The van der Waals surface area contributed by atoms with Crippen molar-refractivity contribution in [3.8, 4) is 0 Å². The molecule has 2 atom stereocenters. The molecule has 37 heavy (non-hydrogen) atoms. The molecule has 0 radical (unpaired) electrons. The van der Waals surface area contributed by atoms with Crippen LogP contribution < -0.4 is 5.32 Å². The van der Waals surface area contributed by atoms with E-state index in [4.69, 9.17) is 9.15 Å². The fourth-order valence-electron chi connectivity index (χ4n) is 3.71. The van der Waals surface area contributed by atoms with E-state index in [1.807, 2.05) is 44.2 Å². The number of hydrogen-bond donors (Lipinski definition) is 2. The summed E-state index contributed by atoms with van der Waals surface area (Å²) in [5.41, 5.74) is 0.772. The molecule has 1 heterocycles. The molecule has 1 aromatic heterocycles. The van der Waals surface area contributed by atoms with Crippen molar-refractivity contribution in [2.24, 2.45) is 5.92 Å². The van der Waals surface area contributed by atoms with Gasteiger partial charge in [0.25, 0.3) is 0 Å². The molecule has 204 valence electrons. The van der Waals surface area contributed by atoms with Gasteiger partial charge < -0.3 is 19.6 Å². The molecule has 0 spiro atoms. The van der Waals surface area contributed by atoms with Crippen LogP contribution >= 0.6 is 0 Å². The first-order valence-electron chi connectivity index (χ1n) is 12.3. The summed E-state index contributed by atoms with van der Waals surface area (Å²) in [5.74, 6) is 0.560. The summed E-state index contributed by atoms with van der Waals surface area (Å²) in [5, 5.41) is 14.0.